The molecular weight excluding hydrogens is 278 g/mol. The summed E-state index contributed by atoms with van der Waals surface area (Å²) in [6.45, 7) is 0.106. The molecule has 20 heavy (non-hydrogen) atoms. The van der Waals surface area contributed by atoms with Crippen LogP contribution in [0.15, 0.2) is 47.5 Å². The van der Waals surface area contributed by atoms with Crippen molar-refractivity contribution in [2.45, 2.75) is 11.4 Å². The van der Waals surface area contributed by atoms with Gasteiger partial charge in [-0.3, -0.25) is 4.98 Å². The number of benzene rings is 1. The standard InChI is InChI=1S/C13H15N3O3S/c1-19-11-5-6-13(12(14)8-11)20(17,18)16-9-10-4-2-3-7-15-10/h2-8,16H,9,14H2,1H3. The lowest BCUT2D eigenvalue weighted by atomic mass is 10.3. The third-order valence-electron chi connectivity index (χ3n) is 2.68. The molecule has 0 amide bonds. The smallest absolute Gasteiger partial charge is 0.242 e. The maximum Gasteiger partial charge on any atom is 0.242 e. The first-order valence-electron chi connectivity index (χ1n) is 5.86. The molecule has 0 atom stereocenters. The summed E-state index contributed by atoms with van der Waals surface area (Å²) in [7, 11) is -2.20. The zero-order chi connectivity index (χ0) is 14.6. The van der Waals surface area contributed by atoms with Crippen LogP contribution in [-0.2, 0) is 16.6 Å². The van der Waals surface area contributed by atoms with Crippen LogP contribution in [0.4, 0.5) is 5.69 Å². The van der Waals surface area contributed by atoms with Crippen molar-refractivity contribution in [3.63, 3.8) is 0 Å². The average molecular weight is 293 g/mol. The highest BCUT2D eigenvalue weighted by molar-refractivity contribution is 7.89. The lowest BCUT2D eigenvalue weighted by Crippen LogP contribution is -2.24. The largest absolute Gasteiger partial charge is 0.497 e. The molecule has 0 saturated heterocycles. The van der Waals surface area contributed by atoms with Gasteiger partial charge in [-0.1, -0.05) is 6.07 Å². The van der Waals surface area contributed by atoms with Crippen molar-refractivity contribution < 1.29 is 13.2 Å². The van der Waals surface area contributed by atoms with Gasteiger partial charge in [0.2, 0.25) is 10.0 Å². The van der Waals surface area contributed by atoms with Crippen molar-refractivity contribution in [1.29, 1.82) is 0 Å². The second-order valence-corrected chi connectivity index (χ2v) is 5.78. The number of ether oxygens (including phenoxy) is 1. The van der Waals surface area contributed by atoms with Gasteiger partial charge in [0.1, 0.15) is 10.6 Å². The molecule has 0 aliphatic carbocycles. The minimum Gasteiger partial charge on any atom is -0.497 e. The molecule has 0 aliphatic heterocycles. The first-order valence-corrected chi connectivity index (χ1v) is 7.34. The number of nitrogens with zero attached hydrogens (tertiary/aromatic N) is 1. The minimum absolute atomic E-state index is 0.0224. The highest BCUT2D eigenvalue weighted by atomic mass is 32.2. The van der Waals surface area contributed by atoms with E-state index in [2.05, 4.69) is 9.71 Å². The molecule has 1 heterocycles. The van der Waals surface area contributed by atoms with Gasteiger partial charge < -0.3 is 10.5 Å². The summed E-state index contributed by atoms with van der Waals surface area (Å²) in [6.07, 6.45) is 1.60. The van der Waals surface area contributed by atoms with Gasteiger partial charge >= 0.3 is 0 Å². The highest BCUT2D eigenvalue weighted by Crippen LogP contribution is 2.23. The van der Waals surface area contributed by atoms with E-state index in [9.17, 15) is 8.42 Å². The van der Waals surface area contributed by atoms with Crippen LogP contribution < -0.4 is 15.2 Å². The Hall–Kier alpha value is -2.12. The van der Waals surface area contributed by atoms with Gasteiger partial charge in [0, 0.05) is 12.3 Å². The number of hydrogen-bond acceptors (Lipinski definition) is 5. The van der Waals surface area contributed by atoms with E-state index in [4.69, 9.17) is 10.5 Å². The molecule has 1 aromatic heterocycles. The van der Waals surface area contributed by atoms with Crippen LogP contribution in [-0.4, -0.2) is 20.5 Å². The summed E-state index contributed by atoms with van der Waals surface area (Å²) in [6, 6.07) is 9.72. The summed E-state index contributed by atoms with van der Waals surface area (Å²) >= 11 is 0. The number of nitrogens with two attached hydrogens (primary N) is 1. The second-order valence-electron chi connectivity index (χ2n) is 4.05. The van der Waals surface area contributed by atoms with Gasteiger partial charge in [0.25, 0.3) is 0 Å². The van der Waals surface area contributed by atoms with E-state index in [0.29, 0.717) is 11.4 Å². The van der Waals surface area contributed by atoms with E-state index < -0.39 is 10.0 Å². The van der Waals surface area contributed by atoms with Crippen LogP contribution in [0.2, 0.25) is 0 Å². The predicted molar refractivity (Wildman–Crippen MR) is 75.7 cm³/mol. The van der Waals surface area contributed by atoms with E-state index in [1.807, 2.05) is 0 Å². The molecule has 7 heteroatoms. The first kappa shape index (κ1) is 14.3. The molecule has 0 unspecified atom stereocenters. The fourth-order valence-electron chi connectivity index (χ4n) is 1.65. The maximum atomic E-state index is 12.2. The van der Waals surface area contributed by atoms with Crippen molar-refractivity contribution in [2.24, 2.45) is 0 Å². The summed E-state index contributed by atoms with van der Waals surface area (Å²) < 4.78 is 31.8. The molecule has 0 radical (unpaired) electrons. The van der Waals surface area contributed by atoms with Crippen LogP contribution in [0.1, 0.15) is 5.69 Å². The third kappa shape index (κ3) is 3.25. The number of methoxy groups -OCH3 is 1. The molecule has 6 nitrogen and oxygen atoms in total. The molecule has 0 bridgehead atoms. The Kier molecular flexibility index (Phi) is 4.21. The Bertz CT molecular complexity index is 687. The Morgan fingerprint density at radius 3 is 2.70 bits per heavy atom. The van der Waals surface area contributed by atoms with Crippen LogP contribution in [0.5, 0.6) is 5.75 Å². The van der Waals surface area contributed by atoms with Gasteiger partial charge in [-0.2, -0.15) is 0 Å². The van der Waals surface area contributed by atoms with E-state index in [1.165, 1.54) is 19.2 Å². The quantitative estimate of drug-likeness (QED) is 0.806. The molecular formula is C13H15N3O3S. The summed E-state index contributed by atoms with van der Waals surface area (Å²) in [5.41, 5.74) is 6.50. The van der Waals surface area contributed by atoms with Crippen LogP contribution in [0, 0.1) is 0 Å². The molecule has 2 rings (SSSR count). The molecule has 0 aliphatic rings. The SMILES string of the molecule is COc1ccc(S(=O)(=O)NCc2ccccn2)c(N)c1. The Morgan fingerprint density at radius 1 is 1.30 bits per heavy atom. The monoisotopic (exact) mass is 293 g/mol. The fourth-order valence-corrected chi connectivity index (χ4v) is 2.76. The number of nitrogens with one attached hydrogen (secondary N) is 1. The number of pyridine rings is 1. The van der Waals surface area contributed by atoms with E-state index in [-0.39, 0.29) is 17.1 Å². The minimum atomic E-state index is -3.68. The first-order chi connectivity index (χ1) is 9.53. The molecule has 2 aromatic rings. The van der Waals surface area contributed by atoms with Gasteiger partial charge in [-0.05, 0) is 24.3 Å². The van der Waals surface area contributed by atoms with Crippen molar-refractivity contribution in [3.05, 3.63) is 48.3 Å². The molecule has 106 valence electrons. The number of sulfonamides is 1. The number of aromatic nitrogens is 1. The number of hydrogen-bond donors (Lipinski definition) is 2. The van der Waals surface area contributed by atoms with Crippen LogP contribution in [0.3, 0.4) is 0 Å². The number of nitrogen functional groups attached to an aromatic ring is 1. The zero-order valence-corrected chi connectivity index (χ0v) is 11.7. The second kappa shape index (κ2) is 5.89. The van der Waals surface area contributed by atoms with Crippen molar-refractivity contribution in [3.8, 4) is 5.75 Å². The van der Waals surface area contributed by atoms with Crippen molar-refractivity contribution in [2.75, 3.05) is 12.8 Å². The lowest BCUT2D eigenvalue weighted by Gasteiger charge is -2.10. The Morgan fingerprint density at radius 2 is 2.10 bits per heavy atom. The average Bonchev–Trinajstić information content (AvgIpc) is 2.46. The molecule has 1 aromatic carbocycles. The Labute approximate surface area is 117 Å². The number of anilines is 1. The number of rotatable bonds is 5. The molecule has 0 fully saturated rings. The van der Waals surface area contributed by atoms with Crippen molar-refractivity contribution >= 4 is 15.7 Å². The van der Waals surface area contributed by atoms with E-state index >= 15 is 0 Å². The molecule has 3 N–H and O–H groups in total. The summed E-state index contributed by atoms with van der Waals surface area (Å²) in [5.74, 6) is 0.506. The maximum absolute atomic E-state index is 12.2. The Balaban J connectivity index is 2.18. The highest BCUT2D eigenvalue weighted by Gasteiger charge is 2.17. The van der Waals surface area contributed by atoms with E-state index in [0.717, 1.165) is 0 Å². The normalized spacial score (nSPS) is 11.2. The van der Waals surface area contributed by atoms with Crippen LogP contribution in [0.25, 0.3) is 0 Å². The fraction of sp³-hybridized carbons (Fsp3) is 0.154. The van der Waals surface area contributed by atoms with Gasteiger partial charge in [-0.25, -0.2) is 13.1 Å². The van der Waals surface area contributed by atoms with Gasteiger partial charge in [0.05, 0.1) is 25.0 Å². The predicted octanol–water partition coefficient (Wildman–Crippen LogP) is 1.15. The third-order valence-corrected chi connectivity index (χ3v) is 4.15. The zero-order valence-electron chi connectivity index (χ0n) is 10.9. The summed E-state index contributed by atoms with van der Waals surface area (Å²) in [4.78, 5) is 4.07. The van der Waals surface area contributed by atoms with Crippen LogP contribution >= 0.6 is 0 Å². The molecule has 0 saturated carbocycles. The van der Waals surface area contributed by atoms with Gasteiger partial charge in [0.15, 0.2) is 0 Å². The van der Waals surface area contributed by atoms with E-state index in [1.54, 1.807) is 30.5 Å². The molecule has 0 spiro atoms. The topological polar surface area (TPSA) is 94.3 Å². The van der Waals surface area contributed by atoms with Crippen molar-refractivity contribution in [1.82, 2.24) is 9.71 Å². The van der Waals surface area contributed by atoms with Gasteiger partial charge in [-0.15, -0.1) is 0 Å². The summed E-state index contributed by atoms with van der Waals surface area (Å²) in [5, 5.41) is 0. The lowest BCUT2D eigenvalue weighted by molar-refractivity contribution is 0.414.